The largest absolute Gasteiger partial charge is 0.494 e. The molecule has 0 bridgehead atoms. The van der Waals surface area contributed by atoms with Crippen LogP contribution in [0.25, 0.3) is 0 Å². The highest BCUT2D eigenvalue weighted by Crippen LogP contribution is 2.22. The molecule has 0 atom stereocenters. The summed E-state index contributed by atoms with van der Waals surface area (Å²) in [6, 6.07) is 2.79. The Morgan fingerprint density at radius 1 is 1.43 bits per heavy atom. The molecule has 14 heavy (non-hydrogen) atoms. The molecule has 1 aromatic carbocycles. The van der Waals surface area contributed by atoms with E-state index in [1.807, 2.05) is 0 Å². The zero-order valence-electron chi connectivity index (χ0n) is 8.04. The van der Waals surface area contributed by atoms with Crippen molar-refractivity contribution < 1.29 is 18.7 Å². The average Bonchev–Trinajstić information content (AvgIpc) is 2.21. The molecule has 0 aliphatic rings. The lowest BCUT2D eigenvalue weighted by molar-refractivity contribution is 0.112. The van der Waals surface area contributed by atoms with Crippen molar-refractivity contribution >= 4 is 6.29 Å². The molecule has 0 spiro atoms. The molecule has 0 amide bonds. The molecule has 1 rings (SSSR count). The van der Waals surface area contributed by atoms with Crippen LogP contribution in [0, 0.1) is 5.82 Å². The van der Waals surface area contributed by atoms with Gasteiger partial charge in [0.25, 0.3) is 0 Å². The van der Waals surface area contributed by atoms with Gasteiger partial charge in [-0.05, 0) is 12.1 Å². The van der Waals surface area contributed by atoms with Crippen LogP contribution in [0.5, 0.6) is 5.75 Å². The fourth-order valence-electron chi connectivity index (χ4n) is 1.16. The van der Waals surface area contributed by atoms with Crippen LogP contribution in [-0.4, -0.2) is 20.5 Å². The molecule has 3 nitrogen and oxygen atoms in total. The third-order valence-corrected chi connectivity index (χ3v) is 1.79. The fourth-order valence-corrected chi connectivity index (χ4v) is 1.16. The van der Waals surface area contributed by atoms with E-state index in [2.05, 4.69) is 0 Å². The lowest BCUT2D eigenvalue weighted by Crippen LogP contribution is -1.98. The predicted molar refractivity (Wildman–Crippen MR) is 49.1 cm³/mol. The first-order valence-corrected chi connectivity index (χ1v) is 4.03. The van der Waals surface area contributed by atoms with Gasteiger partial charge in [0.1, 0.15) is 6.29 Å². The maximum Gasteiger partial charge on any atom is 0.170 e. The molecular formula is C10H11FO3. The summed E-state index contributed by atoms with van der Waals surface area (Å²) in [6.45, 7) is 0.115. The van der Waals surface area contributed by atoms with Crippen molar-refractivity contribution in [2.75, 3.05) is 14.2 Å². The van der Waals surface area contributed by atoms with E-state index in [0.717, 1.165) is 0 Å². The summed E-state index contributed by atoms with van der Waals surface area (Å²) in [5, 5.41) is 0. The molecule has 0 heterocycles. The van der Waals surface area contributed by atoms with Gasteiger partial charge in [0, 0.05) is 18.2 Å². The van der Waals surface area contributed by atoms with E-state index in [1.165, 1.54) is 26.4 Å². The van der Waals surface area contributed by atoms with E-state index < -0.39 is 5.82 Å². The number of carbonyl (C=O) groups is 1. The third-order valence-electron chi connectivity index (χ3n) is 1.79. The standard InChI is InChI=1S/C10H11FO3/c1-13-6-8-3-7(5-12)4-9(14-2)10(8)11/h3-5H,6H2,1-2H3. The number of methoxy groups -OCH3 is 2. The molecule has 0 aliphatic carbocycles. The van der Waals surface area contributed by atoms with Crippen molar-refractivity contribution in [1.82, 2.24) is 0 Å². The van der Waals surface area contributed by atoms with E-state index >= 15 is 0 Å². The van der Waals surface area contributed by atoms with Crippen LogP contribution in [0.1, 0.15) is 15.9 Å². The van der Waals surface area contributed by atoms with Crippen LogP contribution in [-0.2, 0) is 11.3 Å². The first-order valence-electron chi connectivity index (χ1n) is 4.03. The Morgan fingerprint density at radius 3 is 2.64 bits per heavy atom. The summed E-state index contributed by atoms with van der Waals surface area (Å²) >= 11 is 0. The normalized spacial score (nSPS) is 9.93. The van der Waals surface area contributed by atoms with Crippen LogP contribution in [0.15, 0.2) is 12.1 Å². The molecule has 4 heteroatoms. The molecule has 0 aliphatic heterocycles. The summed E-state index contributed by atoms with van der Waals surface area (Å²) in [4.78, 5) is 10.5. The Balaban J connectivity index is 3.19. The van der Waals surface area contributed by atoms with E-state index in [0.29, 0.717) is 17.4 Å². The quantitative estimate of drug-likeness (QED) is 0.692. The summed E-state index contributed by atoms with van der Waals surface area (Å²) < 4.78 is 23.0. The van der Waals surface area contributed by atoms with E-state index in [4.69, 9.17) is 9.47 Å². The van der Waals surface area contributed by atoms with Crippen molar-refractivity contribution in [3.05, 3.63) is 29.1 Å². The van der Waals surface area contributed by atoms with Gasteiger partial charge in [-0.15, -0.1) is 0 Å². The van der Waals surface area contributed by atoms with E-state index in [1.54, 1.807) is 0 Å². The summed E-state index contributed by atoms with van der Waals surface area (Å²) in [7, 11) is 2.81. The van der Waals surface area contributed by atoms with Gasteiger partial charge in [-0.3, -0.25) is 4.79 Å². The zero-order chi connectivity index (χ0) is 10.6. The fraction of sp³-hybridized carbons (Fsp3) is 0.300. The van der Waals surface area contributed by atoms with E-state index in [-0.39, 0.29) is 12.4 Å². The van der Waals surface area contributed by atoms with Gasteiger partial charge >= 0.3 is 0 Å². The third kappa shape index (κ3) is 2.09. The number of aldehydes is 1. The predicted octanol–water partition coefficient (Wildman–Crippen LogP) is 1.79. The van der Waals surface area contributed by atoms with Crippen LogP contribution in [0.3, 0.4) is 0 Å². The summed E-state index contributed by atoms with van der Waals surface area (Å²) in [6.07, 6.45) is 0.640. The Labute approximate surface area is 81.4 Å². The van der Waals surface area contributed by atoms with Gasteiger partial charge in [-0.1, -0.05) is 0 Å². The monoisotopic (exact) mass is 198 g/mol. The minimum atomic E-state index is -0.486. The van der Waals surface area contributed by atoms with Crippen LogP contribution in [0.4, 0.5) is 4.39 Å². The molecule has 1 aromatic rings. The van der Waals surface area contributed by atoms with Crippen LogP contribution in [0.2, 0.25) is 0 Å². The first kappa shape index (κ1) is 10.7. The minimum Gasteiger partial charge on any atom is -0.494 e. The van der Waals surface area contributed by atoms with Crippen molar-refractivity contribution in [1.29, 1.82) is 0 Å². The summed E-state index contributed by atoms with van der Waals surface area (Å²) in [5.41, 5.74) is 0.684. The highest BCUT2D eigenvalue weighted by molar-refractivity contribution is 5.76. The van der Waals surface area contributed by atoms with Gasteiger partial charge in [-0.25, -0.2) is 4.39 Å². The number of rotatable bonds is 4. The topological polar surface area (TPSA) is 35.5 Å². The Morgan fingerprint density at radius 2 is 2.14 bits per heavy atom. The Hall–Kier alpha value is -1.42. The molecular weight excluding hydrogens is 187 g/mol. The van der Waals surface area contributed by atoms with Gasteiger partial charge < -0.3 is 9.47 Å². The lowest BCUT2D eigenvalue weighted by Gasteiger charge is -2.07. The molecule has 0 unspecified atom stereocenters. The molecule has 0 saturated carbocycles. The lowest BCUT2D eigenvalue weighted by atomic mass is 10.1. The second-order valence-corrected chi connectivity index (χ2v) is 2.75. The number of benzene rings is 1. The number of ether oxygens (including phenoxy) is 2. The smallest absolute Gasteiger partial charge is 0.170 e. The minimum absolute atomic E-state index is 0.0571. The summed E-state index contributed by atoms with van der Waals surface area (Å²) in [5.74, 6) is -0.429. The van der Waals surface area contributed by atoms with Crippen LogP contribution >= 0.6 is 0 Å². The number of halogens is 1. The number of carbonyl (C=O) groups excluding carboxylic acids is 1. The average molecular weight is 198 g/mol. The zero-order valence-corrected chi connectivity index (χ0v) is 8.04. The van der Waals surface area contributed by atoms with Gasteiger partial charge in [0.15, 0.2) is 11.6 Å². The second kappa shape index (κ2) is 4.72. The molecule has 0 radical (unpaired) electrons. The molecule has 0 fully saturated rings. The van der Waals surface area contributed by atoms with Crippen molar-refractivity contribution in [2.45, 2.75) is 6.61 Å². The van der Waals surface area contributed by atoms with Crippen molar-refractivity contribution in [2.24, 2.45) is 0 Å². The maximum absolute atomic E-state index is 13.5. The Kier molecular flexibility index (Phi) is 3.59. The van der Waals surface area contributed by atoms with Gasteiger partial charge in [-0.2, -0.15) is 0 Å². The van der Waals surface area contributed by atoms with Crippen molar-refractivity contribution in [3.8, 4) is 5.75 Å². The first-order chi connectivity index (χ1) is 6.72. The number of hydrogen-bond donors (Lipinski definition) is 0. The van der Waals surface area contributed by atoms with Crippen LogP contribution < -0.4 is 4.74 Å². The molecule has 0 N–H and O–H groups in total. The van der Waals surface area contributed by atoms with E-state index in [9.17, 15) is 9.18 Å². The highest BCUT2D eigenvalue weighted by atomic mass is 19.1. The Bertz CT molecular complexity index is 336. The molecule has 0 saturated heterocycles. The van der Waals surface area contributed by atoms with Gasteiger partial charge in [0.05, 0.1) is 13.7 Å². The molecule has 0 aromatic heterocycles. The second-order valence-electron chi connectivity index (χ2n) is 2.75. The molecule has 76 valence electrons. The number of hydrogen-bond acceptors (Lipinski definition) is 3. The SMILES string of the molecule is COCc1cc(C=O)cc(OC)c1F. The highest BCUT2D eigenvalue weighted by Gasteiger charge is 2.10. The van der Waals surface area contributed by atoms with Gasteiger partial charge in [0.2, 0.25) is 0 Å². The van der Waals surface area contributed by atoms with Crippen molar-refractivity contribution in [3.63, 3.8) is 0 Å². The maximum atomic E-state index is 13.5.